The molecule has 1 heterocycles. The molecule has 0 amide bonds. The van der Waals surface area contributed by atoms with Gasteiger partial charge in [0.05, 0.1) is 13.2 Å². The maximum Gasteiger partial charge on any atom is 0.150 e. The molecule has 1 aliphatic heterocycles. The first-order valence-electron chi connectivity index (χ1n) is 4.34. The van der Waals surface area contributed by atoms with Gasteiger partial charge in [-0.3, -0.25) is 0 Å². The minimum absolute atomic E-state index is 0.220. The zero-order valence-corrected chi connectivity index (χ0v) is 7.22. The number of hydrogen-bond donors (Lipinski definition) is 1. The summed E-state index contributed by atoms with van der Waals surface area (Å²) in [5.74, 6) is 0.775. The fraction of sp³-hybridized carbons (Fsp3) is 0.400. The highest BCUT2D eigenvalue weighted by Crippen LogP contribution is 2.16. The predicted octanol–water partition coefficient (Wildman–Crippen LogP) is 0.825. The largest absolute Gasteiger partial charge is 0.485 e. The molecular formula is C10H12O3. The van der Waals surface area contributed by atoms with Gasteiger partial charge in [0.2, 0.25) is 0 Å². The Bertz CT molecular complexity index is 260. The third-order valence-electron chi connectivity index (χ3n) is 2.03. The van der Waals surface area contributed by atoms with Crippen LogP contribution in [0.25, 0.3) is 0 Å². The minimum atomic E-state index is -0.500. The van der Waals surface area contributed by atoms with E-state index in [1.807, 2.05) is 30.3 Å². The Hall–Kier alpha value is -1.06. The average molecular weight is 180 g/mol. The molecule has 1 N–H and O–H groups in total. The molecule has 1 aromatic carbocycles. The van der Waals surface area contributed by atoms with Gasteiger partial charge in [0.15, 0.2) is 0 Å². The van der Waals surface area contributed by atoms with E-state index < -0.39 is 6.10 Å². The second kappa shape index (κ2) is 3.77. The van der Waals surface area contributed by atoms with Crippen molar-refractivity contribution in [2.45, 2.75) is 12.2 Å². The van der Waals surface area contributed by atoms with Crippen molar-refractivity contribution in [3.05, 3.63) is 30.3 Å². The molecule has 0 bridgehead atoms. The van der Waals surface area contributed by atoms with E-state index in [1.54, 1.807) is 0 Å². The standard InChI is InChI=1S/C10H12O3/c11-9-6-12-7-10(9)13-8-4-2-1-3-5-8/h1-5,9-11H,6-7H2/t9-,10+/m0/s1. The molecular weight excluding hydrogens is 168 g/mol. The smallest absolute Gasteiger partial charge is 0.150 e. The quantitative estimate of drug-likeness (QED) is 0.732. The Kier molecular flexibility index (Phi) is 2.47. The third kappa shape index (κ3) is 1.99. The van der Waals surface area contributed by atoms with Crippen molar-refractivity contribution < 1.29 is 14.6 Å². The van der Waals surface area contributed by atoms with E-state index in [-0.39, 0.29) is 6.10 Å². The molecule has 2 rings (SSSR count). The van der Waals surface area contributed by atoms with Crippen LogP contribution >= 0.6 is 0 Å². The van der Waals surface area contributed by atoms with Crippen LogP contribution < -0.4 is 4.74 Å². The predicted molar refractivity (Wildman–Crippen MR) is 47.7 cm³/mol. The second-order valence-corrected chi connectivity index (χ2v) is 3.07. The van der Waals surface area contributed by atoms with Crippen molar-refractivity contribution in [1.82, 2.24) is 0 Å². The SMILES string of the molecule is O[C@H]1COC[C@H]1Oc1ccccc1. The van der Waals surface area contributed by atoms with E-state index in [9.17, 15) is 5.11 Å². The van der Waals surface area contributed by atoms with Crippen molar-refractivity contribution in [2.24, 2.45) is 0 Å². The monoisotopic (exact) mass is 180 g/mol. The molecule has 0 unspecified atom stereocenters. The highest BCUT2D eigenvalue weighted by Gasteiger charge is 2.27. The van der Waals surface area contributed by atoms with Crippen LogP contribution in [0.5, 0.6) is 5.75 Å². The van der Waals surface area contributed by atoms with Gasteiger partial charge in [-0.1, -0.05) is 18.2 Å². The molecule has 1 aliphatic rings. The number of hydrogen-bond acceptors (Lipinski definition) is 3. The van der Waals surface area contributed by atoms with E-state index in [0.29, 0.717) is 13.2 Å². The van der Waals surface area contributed by atoms with Gasteiger partial charge >= 0.3 is 0 Å². The number of para-hydroxylation sites is 1. The number of benzene rings is 1. The summed E-state index contributed by atoms with van der Waals surface area (Å²) in [6.07, 6.45) is -0.720. The van der Waals surface area contributed by atoms with Gasteiger partial charge in [-0.25, -0.2) is 0 Å². The van der Waals surface area contributed by atoms with Gasteiger partial charge in [-0.15, -0.1) is 0 Å². The average Bonchev–Trinajstić information content (AvgIpc) is 2.54. The van der Waals surface area contributed by atoms with E-state index in [2.05, 4.69) is 0 Å². The first-order chi connectivity index (χ1) is 6.36. The molecule has 0 aromatic heterocycles. The summed E-state index contributed by atoms with van der Waals surface area (Å²) >= 11 is 0. The summed E-state index contributed by atoms with van der Waals surface area (Å²) in [7, 11) is 0. The highest BCUT2D eigenvalue weighted by molar-refractivity contribution is 5.21. The van der Waals surface area contributed by atoms with Gasteiger partial charge in [0, 0.05) is 0 Å². The topological polar surface area (TPSA) is 38.7 Å². The lowest BCUT2D eigenvalue weighted by molar-refractivity contribution is 0.0733. The van der Waals surface area contributed by atoms with Crippen molar-refractivity contribution in [3.63, 3.8) is 0 Å². The molecule has 0 spiro atoms. The molecule has 0 aliphatic carbocycles. The zero-order chi connectivity index (χ0) is 9.10. The lowest BCUT2D eigenvalue weighted by Crippen LogP contribution is -2.29. The third-order valence-corrected chi connectivity index (χ3v) is 2.03. The van der Waals surface area contributed by atoms with Crippen molar-refractivity contribution >= 4 is 0 Å². The molecule has 0 saturated carbocycles. The lowest BCUT2D eigenvalue weighted by Gasteiger charge is -2.14. The van der Waals surface area contributed by atoms with Crippen molar-refractivity contribution in [2.75, 3.05) is 13.2 Å². The molecule has 3 nitrogen and oxygen atoms in total. The number of aliphatic hydroxyl groups excluding tert-OH is 1. The van der Waals surface area contributed by atoms with Crippen molar-refractivity contribution in [3.8, 4) is 5.75 Å². The molecule has 70 valence electrons. The van der Waals surface area contributed by atoms with Crippen LogP contribution in [0, 0.1) is 0 Å². The summed E-state index contributed by atoms with van der Waals surface area (Å²) in [5, 5.41) is 9.40. The maximum atomic E-state index is 9.40. The van der Waals surface area contributed by atoms with Crippen LogP contribution in [-0.4, -0.2) is 30.5 Å². The molecule has 0 radical (unpaired) electrons. The van der Waals surface area contributed by atoms with E-state index >= 15 is 0 Å². The van der Waals surface area contributed by atoms with Gasteiger partial charge in [-0.2, -0.15) is 0 Å². The summed E-state index contributed by atoms with van der Waals surface area (Å²) in [4.78, 5) is 0. The number of aliphatic hydroxyl groups is 1. The fourth-order valence-electron chi connectivity index (χ4n) is 1.31. The zero-order valence-electron chi connectivity index (χ0n) is 7.22. The van der Waals surface area contributed by atoms with E-state index in [0.717, 1.165) is 5.75 Å². The lowest BCUT2D eigenvalue weighted by atomic mass is 10.2. The first-order valence-corrected chi connectivity index (χ1v) is 4.34. The minimum Gasteiger partial charge on any atom is -0.485 e. The van der Waals surface area contributed by atoms with Crippen LogP contribution in [0.1, 0.15) is 0 Å². The Morgan fingerprint density at radius 2 is 2.00 bits per heavy atom. The van der Waals surface area contributed by atoms with E-state index in [4.69, 9.17) is 9.47 Å². The molecule has 13 heavy (non-hydrogen) atoms. The van der Waals surface area contributed by atoms with Gasteiger partial charge in [0.25, 0.3) is 0 Å². The van der Waals surface area contributed by atoms with Crippen LogP contribution in [0.2, 0.25) is 0 Å². The molecule has 2 atom stereocenters. The molecule has 1 aromatic rings. The number of ether oxygens (including phenoxy) is 2. The Labute approximate surface area is 76.9 Å². The summed E-state index contributed by atoms with van der Waals surface area (Å²) in [5.41, 5.74) is 0. The Morgan fingerprint density at radius 3 is 2.62 bits per heavy atom. The van der Waals surface area contributed by atoms with Gasteiger partial charge in [0.1, 0.15) is 18.0 Å². The normalized spacial score (nSPS) is 27.5. The number of rotatable bonds is 2. The summed E-state index contributed by atoms with van der Waals surface area (Å²) in [6.45, 7) is 0.841. The van der Waals surface area contributed by atoms with Crippen LogP contribution in [0.3, 0.4) is 0 Å². The van der Waals surface area contributed by atoms with Crippen LogP contribution in [0.4, 0.5) is 0 Å². The van der Waals surface area contributed by atoms with Gasteiger partial charge in [-0.05, 0) is 12.1 Å². The Balaban J connectivity index is 1.98. The maximum absolute atomic E-state index is 9.40. The Morgan fingerprint density at radius 1 is 1.23 bits per heavy atom. The summed E-state index contributed by atoms with van der Waals surface area (Å²) < 4.78 is 10.6. The fourth-order valence-corrected chi connectivity index (χ4v) is 1.31. The van der Waals surface area contributed by atoms with Crippen molar-refractivity contribution in [1.29, 1.82) is 0 Å². The molecule has 1 fully saturated rings. The van der Waals surface area contributed by atoms with Crippen LogP contribution in [0.15, 0.2) is 30.3 Å². The highest BCUT2D eigenvalue weighted by atomic mass is 16.6. The molecule has 1 saturated heterocycles. The second-order valence-electron chi connectivity index (χ2n) is 3.07. The van der Waals surface area contributed by atoms with Gasteiger partial charge < -0.3 is 14.6 Å². The summed E-state index contributed by atoms with van der Waals surface area (Å²) in [6, 6.07) is 9.46. The first kappa shape index (κ1) is 8.53. The van der Waals surface area contributed by atoms with E-state index in [1.165, 1.54) is 0 Å². The molecule has 3 heteroatoms. The van der Waals surface area contributed by atoms with Crippen LogP contribution in [-0.2, 0) is 4.74 Å².